The molecule has 0 fully saturated rings. The lowest BCUT2D eigenvalue weighted by Crippen LogP contribution is -2.29. The fraction of sp³-hybridized carbons (Fsp3) is 0.417. The first kappa shape index (κ1) is 10.8. The van der Waals surface area contributed by atoms with E-state index in [1.807, 2.05) is 18.2 Å². The fourth-order valence-corrected chi connectivity index (χ4v) is 1.40. The Kier molecular flexibility index (Phi) is 2.50. The summed E-state index contributed by atoms with van der Waals surface area (Å²) < 4.78 is 5.58. The number of rotatable bonds is 3. The number of oxazole rings is 1. The van der Waals surface area contributed by atoms with Gasteiger partial charge in [-0.25, -0.2) is 0 Å². The van der Waals surface area contributed by atoms with Crippen molar-refractivity contribution in [1.82, 2.24) is 4.98 Å². The highest BCUT2D eigenvalue weighted by atomic mass is 16.4. The second kappa shape index (κ2) is 3.70. The molecule has 0 radical (unpaired) electrons. The van der Waals surface area contributed by atoms with Crippen molar-refractivity contribution in [3.05, 3.63) is 18.2 Å². The number of nitrogens with zero attached hydrogens (tertiary/aromatic N) is 1. The van der Waals surface area contributed by atoms with Gasteiger partial charge in [-0.2, -0.15) is 4.98 Å². The van der Waals surface area contributed by atoms with Crippen molar-refractivity contribution in [2.45, 2.75) is 32.7 Å². The van der Waals surface area contributed by atoms with Crippen molar-refractivity contribution < 1.29 is 4.42 Å². The molecule has 2 aromatic rings. The van der Waals surface area contributed by atoms with Crippen LogP contribution in [0.15, 0.2) is 22.6 Å². The average Bonchev–Trinajstić information content (AvgIpc) is 2.61. The van der Waals surface area contributed by atoms with Gasteiger partial charge in [0.1, 0.15) is 5.52 Å². The van der Waals surface area contributed by atoms with Gasteiger partial charge in [0.15, 0.2) is 5.58 Å². The average molecular weight is 219 g/mol. The van der Waals surface area contributed by atoms with Crippen molar-refractivity contribution in [1.29, 1.82) is 0 Å². The quantitative estimate of drug-likeness (QED) is 0.779. The highest BCUT2D eigenvalue weighted by Crippen LogP contribution is 2.25. The van der Waals surface area contributed by atoms with Crippen molar-refractivity contribution in [2.24, 2.45) is 0 Å². The lowest BCUT2D eigenvalue weighted by atomic mass is 10.0. The summed E-state index contributed by atoms with van der Waals surface area (Å²) in [7, 11) is 0. The number of nitrogen functional groups attached to an aromatic ring is 1. The number of nitrogens with two attached hydrogens (primary N) is 1. The molecular weight excluding hydrogens is 202 g/mol. The first-order chi connectivity index (χ1) is 7.52. The van der Waals surface area contributed by atoms with Gasteiger partial charge in [-0.3, -0.25) is 0 Å². The zero-order chi connectivity index (χ0) is 11.8. The van der Waals surface area contributed by atoms with Crippen LogP contribution >= 0.6 is 0 Å². The second-order valence-electron chi connectivity index (χ2n) is 4.58. The molecule has 1 aromatic heterocycles. The number of hydrogen-bond acceptors (Lipinski definition) is 4. The SMILES string of the molecule is CCC(C)(C)Nc1nc2c(N)cccc2o1. The molecule has 3 N–H and O–H groups in total. The molecule has 86 valence electrons. The van der Waals surface area contributed by atoms with Crippen LogP contribution < -0.4 is 11.1 Å². The van der Waals surface area contributed by atoms with Crippen LogP contribution in [0.3, 0.4) is 0 Å². The van der Waals surface area contributed by atoms with E-state index in [0.717, 1.165) is 17.5 Å². The van der Waals surface area contributed by atoms with Crippen LogP contribution in [0.25, 0.3) is 11.1 Å². The number of hydrogen-bond donors (Lipinski definition) is 2. The highest BCUT2D eigenvalue weighted by Gasteiger charge is 2.18. The minimum absolute atomic E-state index is 0.0321. The molecule has 1 heterocycles. The lowest BCUT2D eigenvalue weighted by Gasteiger charge is -2.22. The van der Waals surface area contributed by atoms with Crippen molar-refractivity contribution in [3.8, 4) is 0 Å². The zero-order valence-electron chi connectivity index (χ0n) is 9.87. The van der Waals surface area contributed by atoms with Gasteiger partial charge in [-0.15, -0.1) is 0 Å². The summed E-state index contributed by atoms with van der Waals surface area (Å²) >= 11 is 0. The summed E-state index contributed by atoms with van der Waals surface area (Å²) in [4.78, 5) is 4.34. The predicted molar refractivity (Wildman–Crippen MR) is 66.4 cm³/mol. The zero-order valence-corrected chi connectivity index (χ0v) is 9.87. The number of aromatic nitrogens is 1. The third kappa shape index (κ3) is 1.96. The predicted octanol–water partition coefficient (Wildman–Crippen LogP) is 3.01. The molecule has 16 heavy (non-hydrogen) atoms. The Hall–Kier alpha value is -1.71. The molecule has 4 nitrogen and oxygen atoms in total. The van der Waals surface area contributed by atoms with Crippen LogP contribution in [0, 0.1) is 0 Å². The van der Waals surface area contributed by atoms with Crippen LogP contribution in [0.2, 0.25) is 0 Å². The molecule has 0 atom stereocenters. The molecule has 2 rings (SSSR count). The highest BCUT2D eigenvalue weighted by molar-refractivity contribution is 5.86. The van der Waals surface area contributed by atoms with Gasteiger partial charge < -0.3 is 15.5 Å². The van der Waals surface area contributed by atoms with Gasteiger partial charge in [0.25, 0.3) is 6.01 Å². The smallest absolute Gasteiger partial charge is 0.296 e. The molecule has 0 aliphatic heterocycles. The Morgan fingerprint density at radius 3 is 2.81 bits per heavy atom. The molecule has 0 aliphatic rings. The second-order valence-corrected chi connectivity index (χ2v) is 4.58. The van der Waals surface area contributed by atoms with Crippen LogP contribution in [-0.4, -0.2) is 10.5 Å². The van der Waals surface area contributed by atoms with Crippen LogP contribution in [0.5, 0.6) is 0 Å². The molecule has 0 saturated carbocycles. The summed E-state index contributed by atoms with van der Waals surface area (Å²) in [5.74, 6) is 0. The molecule has 1 aromatic carbocycles. The van der Waals surface area contributed by atoms with E-state index >= 15 is 0 Å². The minimum Gasteiger partial charge on any atom is -0.423 e. The Morgan fingerprint density at radius 1 is 1.44 bits per heavy atom. The van der Waals surface area contributed by atoms with Gasteiger partial charge in [-0.05, 0) is 32.4 Å². The van der Waals surface area contributed by atoms with E-state index < -0.39 is 0 Å². The molecule has 0 amide bonds. The lowest BCUT2D eigenvalue weighted by molar-refractivity contribution is 0.508. The Labute approximate surface area is 94.8 Å². The van der Waals surface area contributed by atoms with E-state index in [2.05, 4.69) is 31.1 Å². The Morgan fingerprint density at radius 2 is 2.19 bits per heavy atom. The van der Waals surface area contributed by atoms with Crippen molar-refractivity contribution in [2.75, 3.05) is 11.1 Å². The van der Waals surface area contributed by atoms with E-state index in [0.29, 0.717) is 11.7 Å². The van der Waals surface area contributed by atoms with E-state index in [1.54, 1.807) is 0 Å². The standard InChI is InChI=1S/C12H17N3O/c1-4-12(2,3)15-11-14-10-8(13)6-5-7-9(10)16-11/h5-7H,4,13H2,1-3H3,(H,14,15). The molecule has 0 spiro atoms. The maximum Gasteiger partial charge on any atom is 0.296 e. The van der Waals surface area contributed by atoms with Crippen molar-refractivity contribution >= 4 is 22.8 Å². The number of nitrogens with one attached hydrogen (secondary N) is 1. The molecular formula is C12H17N3O. The maximum atomic E-state index is 5.82. The van der Waals surface area contributed by atoms with E-state index in [1.165, 1.54) is 0 Å². The Bertz CT molecular complexity index is 502. The van der Waals surface area contributed by atoms with Gasteiger partial charge in [0, 0.05) is 5.54 Å². The van der Waals surface area contributed by atoms with Gasteiger partial charge in [0.2, 0.25) is 0 Å². The third-order valence-corrected chi connectivity index (χ3v) is 2.78. The monoisotopic (exact) mass is 219 g/mol. The summed E-state index contributed by atoms with van der Waals surface area (Å²) in [6, 6.07) is 6.07. The summed E-state index contributed by atoms with van der Waals surface area (Å²) in [5, 5.41) is 3.25. The van der Waals surface area contributed by atoms with Crippen LogP contribution in [-0.2, 0) is 0 Å². The number of anilines is 2. The molecule has 0 bridgehead atoms. The van der Waals surface area contributed by atoms with E-state index in [9.17, 15) is 0 Å². The van der Waals surface area contributed by atoms with Gasteiger partial charge in [0.05, 0.1) is 5.69 Å². The van der Waals surface area contributed by atoms with E-state index in [-0.39, 0.29) is 5.54 Å². The summed E-state index contributed by atoms with van der Waals surface area (Å²) in [5.41, 5.74) is 7.86. The third-order valence-electron chi connectivity index (χ3n) is 2.78. The molecule has 0 saturated heterocycles. The number of para-hydroxylation sites is 1. The molecule has 0 aliphatic carbocycles. The molecule has 4 heteroatoms. The topological polar surface area (TPSA) is 64.1 Å². The number of fused-ring (bicyclic) bond motifs is 1. The van der Waals surface area contributed by atoms with E-state index in [4.69, 9.17) is 10.2 Å². The van der Waals surface area contributed by atoms with Gasteiger partial charge >= 0.3 is 0 Å². The number of benzene rings is 1. The normalized spacial score (nSPS) is 11.9. The molecule has 0 unspecified atom stereocenters. The maximum absolute atomic E-state index is 5.82. The Balaban J connectivity index is 2.37. The van der Waals surface area contributed by atoms with Crippen molar-refractivity contribution in [3.63, 3.8) is 0 Å². The first-order valence-corrected chi connectivity index (χ1v) is 5.45. The van der Waals surface area contributed by atoms with Crippen LogP contribution in [0.4, 0.5) is 11.7 Å². The largest absolute Gasteiger partial charge is 0.423 e. The van der Waals surface area contributed by atoms with Gasteiger partial charge in [-0.1, -0.05) is 13.0 Å². The summed E-state index contributed by atoms with van der Waals surface area (Å²) in [6.45, 7) is 6.32. The fourth-order valence-electron chi connectivity index (χ4n) is 1.40. The minimum atomic E-state index is -0.0321. The van der Waals surface area contributed by atoms with Crippen LogP contribution in [0.1, 0.15) is 27.2 Å². The summed E-state index contributed by atoms with van der Waals surface area (Å²) in [6.07, 6.45) is 0.987. The first-order valence-electron chi connectivity index (χ1n) is 5.45.